The maximum atomic E-state index is 12.8. The number of aromatic nitrogens is 1. The average molecular weight is 416 g/mol. The van der Waals surface area contributed by atoms with Crippen LogP contribution in [0.4, 0.5) is 0 Å². The van der Waals surface area contributed by atoms with Crippen LogP contribution < -0.4 is 10.6 Å². The van der Waals surface area contributed by atoms with Gasteiger partial charge in [-0.3, -0.25) is 9.59 Å². The first kappa shape index (κ1) is 20.3. The standard InChI is InChI=1S/C21H22ClN3O2S/c1-3-13(2)24-20(26)10-11-23-21(27)15-12-17(18-8-9-19(22)28-18)25-16-7-5-4-6-14(15)16/h4-9,12-13H,3,10-11H2,1-2H3,(H,23,27)(H,24,26). The SMILES string of the molecule is CCC(C)NC(=O)CCNC(=O)c1cc(-c2ccc(Cl)s2)nc2ccccc12. The van der Waals surface area contributed by atoms with Gasteiger partial charge < -0.3 is 10.6 Å². The molecule has 2 amide bonds. The first-order valence-electron chi connectivity index (χ1n) is 9.21. The zero-order valence-electron chi connectivity index (χ0n) is 15.8. The molecule has 0 bridgehead atoms. The quantitative estimate of drug-likeness (QED) is 0.590. The van der Waals surface area contributed by atoms with E-state index in [1.165, 1.54) is 11.3 Å². The van der Waals surface area contributed by atoms with E-state index >= 15 is 0 Å². The first-order chi connectivity index (χ1) is 13.5. The van der Waals surface area contributed by atoms with Crippen LogP contribution in [-0.2, 0) is 4.79 Å². The van der Waals surface area contributed by atoms with Gasteiger partial charge in [-0.1, -0.05) is 36.7 Å². The van der Waals surface area contributed by atoms with Crippen molar-refractivity contribution in [2.75, 3.05) is 6.54 Å². The second kappa shape index (κ2) is 9.17. The van der Waals surface area contributed by atoms with Crippen molar-refractivity contribution < 1.29 is 9.59 Å². The van der Waals surface area contributed by atoms with Crippen LogP contribution in [0, 0.1) is 0 Å². The predicted molar refractivity (Wildman–Crippen MR) is 115 cm³/mol. The number of carbonyl (C=O) groups is 2. The highest BCUT2D eigenvalue weighted by atomic mass is 35.5. The number of carbonyl (C=O) groups excluding carboxylic acids is 2. The normalized spacial score (nSPS) is 12.0. The summed E-state index contributed by atoms with van der Waals surface area (Å²) in [5.74, 6) is -0.290. The molecule has 146 valence electrons. The molecule has 1 aromatic carbocycles. The number of nitrogens with zero attached hydrogens (tertiary/aromatic N) is 1. The molecule has 0 radical (unpaired) electrons. The van der Waals surface area contributed by atoms with Crippen molar-refractivity contribution in [3.05, 3.63) is 52.4 Å². The number of hydrogen-bond donors (Lipinski definition) is 2. The fraction of sp³-hybridized carbons (Fsp3) is 0.286. The van der Waals surface area contributed by atoms with Gasteiger partial charge in [0.1, 0.15) is 0 Å². The van der Waals surface area contributed by atoms with Crippen LogP contribution in [0.3, 0.4) is 0 Å². The van der Waals surface area contributed by atoms with Crippen molar-refractivity contribution in [2.24, 2.45) is 0 Å². The minimum Gasteiger partial charge on any atom is -0.354 e. The minimum absolute atomic E-state index is 0.0665. The van der Waals surface area contributed by atoms with Crippen LogP contribution in [0.5, 0.6) is 0 Å². The van der Waals surface area contributed by atoms with Gasteiger partial charge in [-0.25, -0.2) is 4.98 Å². The van der Waals surface area contributed by atoms with E-state index in [1.54, 1.807) is 6.07 Å². The molecule has 3 rings (SSSR count). The summed E-state index contributed by atoms with van der Waals surface area (Å²) in [5, 5.41) is 6.51. The number of fused-ring (bicyclic) bond motifs is 1. The number of halogens is 1. The van der Waals surface area contributed by atoms with Crippen molar-refractivity contribution in [3.63, 3.8) is 0 Å². The van der Waals surface area contributed by atoms with Gasteiger partial charge in [0, 0.05) is 24.4 Å². The number of rotatable bonds is 7. The first-order valence-corrected chi connectivity index (χ1v) is 10.4. The number of pyridine rings is 1. The number of para-hydroxylation sites is 1. The van der Waals surface area contributed by atoms with E-state index < -0.39 is 0 Å². The fourth-order valence-electron chi connectivity index (χ4n) is 2.78. The molecule has 0 aliphatic heterocycles. The smallest absolute Gasteiger partial charge is 0.252 e. The number of thiophene rings is 1. The largest absolute Gasteiger partial charge is 0.354 e. The van der Waals surface area contributed by atoms with Crippen LogP contribution in [0.1, 0.15) is 37.0 Å². The van der Waals surface area contributed by atoms with Gasteiger partial charge in [-0.05, 0) is 37.6 Å². The molecule has 0 aliphatic carbocycles. The maximum Gasteiger partial charge on any atom is 0.252 e. The van der Waals surface area contributed by atoms with Crippen LogP contribution in [0.2, 0.25) is 4.34 Å². The van der Waals surface area contributed by atoms with E-state index in [2.05, 4.69) is 15.6 Å². The van der Waals surface area contributed by atoms with Crippen LogP contribution in [0.15, 0.2) is 42.5 Å². The number of nitrogens with one attached hydrogen (secondary N) is 2. The lowest BCUT2D eigenvalue weighted by Crippen LogP contribution is -2.35. The van der Waals surface area contributed by atoms with Crippen molar-refractivity contribution in [1.29, 1.82) is 0 Å². The Morgan fingerprint density at radius 3 is 2.71 bits per heavy atom. The molecular weight excluding hydrogens is 394 g/mol. The van der Waals surface area contributed by atoms with Gasteiger partial charge in [0.2, 0.25) is 5.91 Å². The second-order valence-corrected chi connectivity index (χ2v) is 8.27. The highest BCUT2D eigenvalue weighted by Crippen LogP contribution is 2.32. The molecule has 2 aromatic heterocycles. The maximum absolute atomic E-state index is 12.8. The lowest BCUT2D eigenvalue weighted by atomic mass is 10.1. The Morgan fingerprint density at radius 2 is 2.00 bits per heavy atom. The van der Waals surface area contributed by atoms with E-state index in [1.807, 2.05) is 50.2 Å². The molecule has 1 atom stereocenters. The third-order valence-electron chi connectivity index (χ3n) is 4.44. The summed E-state index contributed by atoms with van der Waals surface area (Å²) in [6, 6.07) is 13.1. The Balaban J connectivity index is 1.79. The Morgan fingerprint density at radius 1 is 1.21 bits per heavy atom. The summed E-state index contributed by atoms with van der Waals surface area (Å²) in [4.78, 5) is 30.3. The van der Waals surface area contributed by atoms with Crippen LogP contribution in [0.25, 0.3) is 21.5 Å². The van der Waals surface area contributed by atoms with Crippen molar-refractivity contribution >= 4 is 45.7 Å². The molecule has 28 heavy (non-hydrogen) atoms. The van der Waals surface area contributed by atoms with Gasteiger partial charge >= 0.3 is 0 Å². The molecule has 1 unspecified atom stereocenters. The summed E-state index contributed by atoms with van der Waals surface area (Å²) in [6.45, 7) is 4.25. The van der Waals surface area contributed by atoms with Crippen molar-refractivity contribution in [2.45, 2.75) is 32.7 Å². The molecule has 2 N–H and O–H groups in total. The van der Waals surface area contributed by atoms with E-state index in [4.69, 9.17) is 11.6 Å². The fourth-order valence-corrected chi connectivity index (χ4v) is 3.78. The summed E-state index contributed by atoms with van der Waals surface area (Å²) in [6.07, 6.45) is 1.11. The molecular formula is C21H22ClN3O2S. The summed E-state index contributed by atoms with van der Waals surface area (Å²) >= 11 is 7.47. The average Bonchev–Trinajstić information content (AvgIpc) is 3.13. The molecule has 3 aromatic rings. The topological polar surface area (TPSA) is 71.1 Å². The molecule has 2 heterocycles. The Hall–Kier alpha value is -2.44. The number of hydrogen-bond acceptors (Lipinski definition) is 4. The molecule has 0 spiro atoms. The van der Waals surface area contributed by atoms with E-state index in [9.17, 15) is 9.59 Å². The van der Waals surface area contributed by atoms with Crippen molar-refractivity contribution in [1.82, 2.24) is 15.6 Å². The van der Waals surface area contributed by atoms with Crippen LogP contribution >= 0.6 is 22.9 Å². The number of amides is 2. The highest BCUT2D eigenvalue weighted by Gasteiger charge is 2.15. The Bertz CT molecular complexity index is 1000. The van der Waals surface area contributed by atoms with Gasteiger partial charge in [0.15, 0.2) is 0 Å². The Kier molecular flexibility index (Phi) is 6.65. The molecule has 0 aliphatic rings. The number of benzene rings is 1. The third-order valence-corrected chi connectivity index (χ3v) is 5.70. The molecule has 0 saturated carbocycles. The Labute approximate surface area is 173 Å². The highest BCUT2D eigenvalue weighted by molar-refractivity contribution is 7.19. The van der Waals surface area contributed by atoms with E-state index in [0.29, 0.717) is 15.6 Å². The van der Waals surface area contributed by atoms with E-state index in [0.717, 1.165) is 22.2 Å². The summed E-state index contributed by atoms with van der Waals surface area (Å²) < 4.78 is 0.670. The van der Waals surface area contributed by atoms with Gasteiger partial charge in [-0.2, -0.15) is 0 Å². The zero-order chi connectivity index (χ0) is 20.1. The van der Waals surface area contributed by atoms with Crippen LogP contribution in [-0.4, -0.2) is 29.4 Å². The lowest BCUT2D eigenvalue weighted by Gasteiger charge is -2.12. The minimum atomic E-state index is -0.223. The third kappa shape index (κ3) is 4.88. The van der Waals surface area contributed by atoms with Gasteiger partial charge in [0.05, 0.1) is 26.0 Å². The molecule has 7 heteroatoms. The van der Waals surface area contributed by atoms with Crippen molar-refractivity contribution in [3.8, 4) is 10.6 Å². The lowest BCUT2D eigenvalue weighted by molar-refractivity contribution is -0.121. The summed E-state index contributed by atoms with van der Waals surface area (Å²) in [7, 11) is 0. The summed E-state index contributed by atoms with van der Waals surface area (Å²) in [5.41, 5.74) is 1.98. The second-order valence-electron chi connectivity index (χ2n) is 6.56. The predicted octanol–water partition coefficient (Wildman–Crippen LogP) is 4.65. The van der Waals surface area contributed by atoms with Gasteiger partial charge in [-0.15, -0.1) is 11.3 Å². The molecule has 0 fully saturated rings. The van der Waals surface area contributed by atoms with E-state index in [-0.39, 0.29) is 30.8 Å². The molecule has 5 nitrogen and oxygen atoms in total. The van der Waals surface area contributed by atoms with Gasteiger partial charge in [0.25, 0.3) is 5.91 Å². The monoisotopic (exact) mass is 415 g/mol. The zero-order valence-corrected chi connectivity index (χ0v) is 17.4. The molecule has 0 saturated heterocycles.